The highest BCUT2D eigenvalue weighted by Gasteiger charge is 2.21. The van der Waals surface area contributed by atoms with Crippen LogP contribution in [-0.2, 0) is 7.05 Å². The van der Waals surface area contributed by atoms with Crippen molar-refractivity contribution < 1.29 is 4.92 Å². The Morgan fingerprint density at radius 1 is 1.24 bits per heavy atom. The zero-order valence-corrected chi connectivity index (χ0v) is 12.4. The van der Waals surface area contributed by atoms with Crippen LogP contribution < -0.4 is 0 Å². The standard InChI is InChI=1S/C17H18N2O2/c1-4-13(2)17-15(16(19(20)21)12-18(17)3)11-10-14-8-6-5-7-9-14/h4-12H,1-3H3/b11-10+,13-4+. The lowest BCUT2D eigenvalue weighted by atomic mass is 10.1. The lowest BCUT2D eigenvalue weighted by molar-refractivity contribution is -0.385. The summed E-state index contributed by atoms with van der Waals surface area (Å²) in [5.41, 5.74) is 3.66. The van der Waals surface area contributed by atoms with E-state index < -0.39 is 0 Å². The van der Waals surface area contributed by atoms with Gasteiger partial charge in [0.2, 0.25) is 0 Å². The van der Waals surface area contributed by atoms with Crippen molar-refractivity contribution in [2.75, 3.05) is 0 Å². The lowest BCUT2D eigenvalue weighted by Gasteiger charge is -2.04. The summed E-state index contributed by atoms with van der Waals surface area (Å²) in [5.74, 6) is 0. The molecule has 0 amide bonds. The molecule has 21 heavy (non-hydrogen) atoms. The minimum absolute atomic E-state index is 0.126. The van der Waals surface area contributed by atoms with E-state index in [0.717, 1.165) is 16.8 Å². The molecule has 1 aromatic carbocycles. The van der Waals surface area contributed by atoms with Gasteiger partial charge in [0.05, 0.1) is 22.4 Å². The molecule has 0 bridgehead atoms. The molecule has 0 atom stereocenters. The van der Waals surface area contributed by atoms with E-state index in [2.05, 4.69) is 0 Å². The average molecular weight is 282 g/mol. The van der Waals surface area contributed by atoms with Crippen molar-refractivity contribution in [3.05, 3.63) is 69.5 Å². The predicted octanol–water partition coefficient (Wildman–Crippen LogP) is 4.53. The van der Waals surface area contributed by atoms with Gasteiger partial charge in [-0.25, -0.2) is 0 Å². The van der Waals surface area contributed by atoms with E-state index in [9.17, 15) is 10.1 Å². The summed E-state index contributed by atoms with van der Waals surface area (Å²) in [7, 11) is 1.83. The number of hydrogen-bond donors (Lipinski definition) is 0. The summed E-state index contributed by atoms with van der Waals surface area (Å²) in [6.07, 6.45) is 7.23. The van der Waals surface area contributed by atoms with Crippen LogP contribution in [0.4, 0.5) is 5.69 Å². The molecule has 0 aliphatic heterocycles. The first kappa shape index (κ1) is 14.8. The van der Waals surface area contributed by atoms with E-state index in [-0.39, 0.29) is 10.6 Å². The van der Waals surface area contributed by atoms with Crippen LogP contribution in [0.1, 0.15) is 30.7 Å². The highest BCUT2D eigenvalue weighted by Crippen LogP contribution is 2.31. The first-order chi connectivity index (χ1) is 10.0. The third-order valence-electron chi connectivity index (χ3n) is 3.44. The molecular formula is C17H18N2O2. The van der Waals surface area contributed by atoms with Crippen molar-refractivity contribution in [3.63, 3.8) is 0 Å². The van der Waals surface area contributed by atoms with E-state index in [1.807, 2.05) is 69.5 Å². The summed E-state index contributed by atoms with van der Waals surface area (Å²) >= 11 is 0. The maximum Gasteiger partial charge on any atom is 0.294 e. The smallest absolute Gasteiger partial charge is 0.294 e. The zero-order chi connectivity index (χ0) is 15.4. The number of nitro groups is 1. The molecule has 2 aromatic rings. The molecule has 0 aliphatic carbocycles. The molecule has 0 spiro atoms. The average Bonchev–Trinajstić information content (AvgIpc) is 2.82. The molecule has 4 heteroatoms. The van der Waals surface area contributed by atoms with Crippen LogP contribution in [0.15, 0.2) is 42.6 Å². The molecule has 0 saturated heterocycles. The zero-order valence-electron chi connectivity index (χ0n) is 12.4. The first-order valence-electron chi connectivity index (χ1n) is 6.74. The second kappa shape index (κ2) is 6.22. The summed E-state index contributed by atoms with van der Waals surface area (Å²) in [6.45, 7) is 3.89. The quantitative estimate of drug-likeness (QED) is 0.611. The largest absolute Gasteiger partial charge is 0.344 e. The van der Waals surface area contributed by atoms with Gasteiger partial charge in [-0.05, 0) is 31.1 Å². The molecule has 0 N–H and O–H groups in total. The molecule has 0 saturated carbocycles. The van der Waals surface area contributed by atoms with Gasteiger partial charge in [0.1, 0.15) is 0 Å². The van der Waals surface area contributed by atoms with Crippen molar-refractivity contribution in [2.45, 2.75) is 13.8 Å². The molecule has 2 rings (SSSR count). The summed E-state index contributed by atoms with van der Waals surface area (Å²) < 4.78 is 1.80. The maximum atomic E-state index is 11.2. The van der Waals surface area contributed by atoms with Crippen LogP contribution in [0, 0.1) is 10.1 Å². The highest BCUT2D eigenvalue weighted by atomic mass is 16.6. The fourth-order valence-electron chi connectivity index (χ4n) is 2.31. The molecule has 1 aromatic heterocycles. The van der Waals surface area contributed by atoms with Crippen molar-refractivity contribution in [1.82, 2.24) is 4.57 Å². The van der Waals surface area contributed by atoms with Crippen molar-refractivity contribution >= 4 is 23.4 Å². The Labute approximate surface area is 124 Å². The van der Waals surface area contributed by atoms with Gasteiger partial charge in [-0.15, -0.1) is 0 Å². The Morgan fingerprint density at radius 3 is 2.48 bits per heavy atom. The van der Waals surface area contributed by atoms with Gasteiger partial charge in [0.25, 0.3) is 5.69 Å². The maximum absolute atomic E-state index is 11.2. The number of hydrogen-bond acceptors (Lipinski definition) is 2. The van der Waals surface area contributed by atoms with Gasteiger partial charge in [0.15, 0.2) is 0 Å². The van der Waals surface area contributed by atoms with Gasteiger partial charge in [-0.1, -0.05) is 42.5 Å². The summed E-state index contributed by atoms with van der Waals surface area (Å²) in [5, 5.41) is 11.2. The van der Waals surface area contributed by atoms with Crippen molar-refractivity contribution in [3.8, 4) is 0 Å². The number of aryl methyl sites for hydroxylation is 1. The Bertz CT molecular complexity index is 710. The topological polar surface area (TPSA) is 48.1 Å². The fraction of sp³-hybridized carbons (Fsp3) is 0.176. The van der Waals surface area contributed by atoms with Gasteiger partial charge in [0, 0.05) is 7.05 Å². The molecule has 0 radical (unpaired) electrons. The van der Waals surface area contributed by atoms with Crippen molar-refractivity contribution in [1.29, 1.82) is 0 Å². The van der Waals surface area contributed by atoms with Crippen LogP contribution in [-0.4, -0.2) is 9.49 Å². The van der Waals surface area contributed by atoms with Gasteiger partial charge < -0.3 is 4.57 Å². The van der Waals surface area contributed by atoms with Crippen LogP contribution >= 0.6 is 0 Å². The first-order valence-corrected chi connectivity index (χ1v) is 6.74. The summed E-state index contributed by atoms with van der Waals surface area (Å²) in [6, 6.07) is 9.76. The Balaban J connectivity index is 2.55. The van der Waals surface area contributed by atoms with E-state index in [1.54, 1.807) is 10.8 Å². The minimum Gasteiger partial charge on any atom is -0.344 e. The van der Waals surface area contributed by atoms with Crippen LogP contribution in [0.5, 0.6) is 0 Å². The second-order valence-electron chi connectivity index (χ2n) is 4.86. The molecular weight excluding hydrogens is 264 g/mol. The monoisotopic (exact) mass is 282 g/mol. The summed E-state index contributed by atoms with van der Waals surface area (Å²) in [4.78, 5) is 10.9. The number of allylic oxidation sites excluding steroid dienone is 2. The molecule has 0 aliphatic rings. The third-order valence-corrected chi connectivity index (χ3v) is 3.44. The number of nitrogens with zero attached hydrogens (tertiary/aromatic N) is 2. The van der Waals surface area contributed by atoms with Gasteiger partial charge >= 0.3 is 0 Å². The normalized spacial score (nSPS) is 12.0. The second-order valence-corrected chi connectivity index (χ2v) is 4.86. The molecule has 4 nitrogen and oxygen atoms in total. The number of rotatable bonds is 4. The van der Waals surface area contributed by atoms with E-state index in [1.165, 1.54) is 0 Å². The van der Waals surface area contributed by atoms with E-state index in [4.69, 9.17) is 0 Å². The van der Waals surface area contributed by atoms with Crippen LogP contribution in [0.3, 0.4) is 0 Å². The molecule has 108 valence electrons. The Morgan fingerprint density at radius 2 is 1.90 bits per heavy atom. The van der Waals surface area contributed by atoms with Gasteiger partial charge in [-0.3, -0.25) is 10.1 Å². The van der Waals surface area contributed by atoms with Gasteiger partial charge in [-0.2, -0.15) is 0 Å². The lowest BCUT2D eigenvalue weighted by Crippen LogP contribution is -1.94. The minimum atomic E-state index is -0.336. The molecule has 0 fully saturated rings. The SMILES string of the molecule is C/C=C(\C)c1c(/C=C/c2ccccc2)c([N+](=O)[O-])cn1C. The molecule has 1 heterocycles. The van der Waals surface area contributed by atoms with Crippen molar-refractivity contribution in [2.24, 2.45) is 7.05 Å². The number of aromatic nitrogens is 1. The van der Waals surface area contributed by atoms with E-state index in [0.29, 0.717) is 5.56 Å². The predicted molar refractivity (Wildman–Crippen MR) is 86.8 cm³/mol. The highest BCUT2D eigenvalue weighted by molar-refractivity contribution is 5.82. The van der Waals surface area contributed by atoms with Crippen LogP contribution in [0.2, 0.25) is 0 Å². The Hall–Kier alpha value is -2.62. The molecule has 0 unspecified atom stereocenters. The number of benzene rings is 1. The Kier molecular flexibility index (Phi) is 4.38. The third kappa shape index (κ3) is 3.11. The van der Waals surface area contributed by atoms with Crippen LogP contribution in [0.25, 0.3) is 17.7 Å². The van der Waals surface area contributed by atoms with E-state index >= 15 is 0 Å². The fourth-order valence-corrected chi connectivity index (χ4v) is 2.31.